The Balaban J connectivity index is 2.48. The van der Waals surface area contributed by atoms with E-state index in [-0.39, 0.29) is 0 Å². The van der Waals surface area contributed by atoms with Crippen LogP contribution in [0, 0.1) is 0 Å². The first-order chi connectivity index (χ1) is 7.46. The molecule has 0 aromatic heterocycles. The highest BCUT2D eigenvalue weighted by atomic mass is 32.2. The van der Waals surface area contributed by atoms with Gasteiger partial charge < -0.3 is 0 Å². The number of hydrogen-bond donors (Lipinski definition) is 0. The third-order valence-corrected chi connectivity index (χ3v) is 2.38. The summed E-state index contributed by atoms with van der Waals surface area (Å²) in [6.07, 6.45) is -0.541. The standard InChI is InChI=1S/C9H8N2O4S/c1-16(13,14)15-9-8(12)10-6-4-2-3-5-7(6)11-9/h2-5,9H,1H3. The Labute approximate surface area is 91.4 Å². The number of amides is 1. The summed E-state index contributed by atoms with van der Waals surface area (Å²) in [4.78, 5) is 18.9. The molecule has 1 atom stereocenters. The molecule has 7 heteroatoms. The first kappa shape index (κ1) is 10.9. The van der Waals surface area contributed by atoms with Crippen molar-refractivity contribution in [2.24, 2.45) is 9.98 Å². The number of rotatable bonds is 2. The predicted molar refractivity (Wildman–Crippen MR) is 53.5 cm³/mol. The first-order valence-corrected chi connectivity index (χ1v) is 6.21. The van der Waals surface area contributed by atoms with Gasteiger partial charge in [-0.3, -0.25) is 4.79 Å². The van der Waals surface area contributed by atoms with E-state index in [4.69, 9.17) is 0 Å². The van der Waals surface area contributed by atoms with Crippen LogP contribution in [0.25, 0.3) is 0 Å². The van der Waals surface area contributed by atoms with Gasteiger partial charge in [0.05, 0.1) is 17.0 Å². The summed E-state index contributed by atoms with van der Waals surface area (Å²) < 4.78 is 26.3. The Kier molecular flexibility index (Phi) is 2.56. The fourth-order valence-electron chi connectivity index (χ4n) is 1.25. The number of fused-ring (bicyclic) bond motifs is 1. The van der Waals surface area contributed by atoms with E-state index in [1.807, 2.05) is 0 Å². The van der Waals surface area contributed by atoms with Crippen molar-refractivity contribution in [3.8, 4) is 0 Å². The highest BCUT2D eigenvalue weighted by Crippen LogP contribution is 2.02. The van der Waals surface area contributed by atoms with E-state index in [2.05, 4.69) is 14.2 Å². The van der Waals surface area contributed by atoms with E-state index in [0.717, 1.165) is 6.26 Å². The molecule has 16 heavy (non-hydrogen) atoms. The molecule has 1 aromatic rings. The van der Waals surface area contributed by atoms with Gasteiger partial charge in [0.2, 0.25) is 6.23 Å². The summed E-state index contributed by atoms with van der Waals surface area (Å²) in [7, 11) is -3.73. The maximum atomic E-state index is 11.4. The lowest BCUT2D eigenvalue weighted by Crippen LogP contribution is -2.38. The molecule has 0 fully saturated rings. The molecular weight excluding hydrogens is 232 g/mol. The van der Waals surface area contributed by atoms with Crippen LogP contribution in [0.4, 0.5) is 0 Å². The lowest BCUT2D eigenvalue weighted by Gasteiger charge is -2.10. The summed E-state index contributed by atoms with van der Waals surface area (Å²) in [5.41, 5.74) is 0. The summed E-state index contributed by atoms with van der Waals surface area (Å²) in [5, 5.41) is 0.858. The van der Waals surface area contributed by atoms with Crippen molar-refractivity contribution >= 4 is 16.0 Å². The van der Waals surface area contributed by atoms with E-state index in [1.165, 1.54) is 0 Å². The monoisotopic (exact) mass is 240 g/mol. The predicted octanol–water partition coefficient (Wildman–Crippen LogP) is -1.23. The summed E-state index contributed by atoms with van der Waals surface area (Å²) in [6, 6.07) is 6.67. The van der Waals surface area contributed by atoms with E-state index < -0.39 is 22.3 Å². The Bertz CT molecular complexity index is 650. The molecule has 0 bridgehead atoms. The normalized spacial score (nSPS) is 19.6. The molecule has 6 nitrogen and oxygen atoms in total. The second-order valence-electron chi connectivity index (χ2n) is 3.22. The van der Waals surface area contributed by atoms with Crippen LogP contribution in [-0.4, -0.2) is 26.8 Å². The number of carbonyl (C=O) groups excluding carboxylic acids is 1. The smallest absolute Gasteiger partial charge is 0.267 e. The van der Waals surface area contributed by atoms with Crippen LogP contribution in [0.2, 0.25) is 0 Å². The molecule has 2 rings (SSSR count). The highest BCUT2D eigenvalue weighted by Gasteiger charge is 2.24. The van der Waals surface area contributed by atoms with Crippen LogP contribution in [0.5, 0.6) is 0 Å². The van der Waals surface area contributed by atoms with E-state index in [0.29, 0.717) is 10.7 Å². The van der Waals surface area contributed by atoms with Crippen molar-refractivity contribution < 1.29 is 17.4 Å². The molecule has 0 radical (unpaired) electrons. The minimum atomic E-state index is -3.73. The van der Waals surface area contributed by atoms with Gasteiger partial charge in [-0.25, -0.2) is 14.2 Å². The fourth-order valence-corrected chi connectivity index (χ4v) is 1.71. The van der Waals surface area contributed by atoms with Crippen molar-refractivity contribution in [2.75, 3.05) is 6.26 Å². The van der Waals surface area contributed by atoms with Gasteiger partial charge in [0.15, 0.2) is 0 Å². The zero-order chi connectivity index (χ0) is 11.8. The average Bonchev–Trinajstić information content (AvgIpc) is 2.17. The number of carbonyl (C=O) groups is 1. The molecule has 1 aromatic carbocycles. The lowest BCUT2D eigenvalue weighted by atomic mass is 10.3. The Hall–Kier alpha value is -1.60. The van der Waals surface area contributed by atoms with Gasteiger partial charge >= 0.3 is 0 Å². The van der Waals surface area contributed by atoms with Gasteiger partial charge in [0, 0.05) is 0 Å². The molecule has 0 spiro atoms. The van der Waals surface area contributed by atoms with E-state index >= 15 is 0 Å². The SMILES string of the molecule is CS(=O)(=O)OC1N=c2ccccc2=NC1=O. The molecule has 1 unspecified atom stereocenters. The molecule has 1 heterocycles. The summed E-state index contributed by atoms with van der Waals surface area (Å²) in [5.74, 6) is -0.718. The van der Waals surface area contributed by atoms with Crippen molar-refractivity contribution in [3.05, 3.63) is 35.0 Å². The Morgan fingerprint density at radius 1 is 1.25 bits per heavy atom. The van der Waals surface area contributed by atoms with Gasteiger partial charge in [-0.15, -0.1) is 0 Å². The van der Waals surface area contributed by atoms with Gasteiger partial charge in [-0.05, 0) is 12.1 Å². The molecule has 1 amide bonds. The molecule has 1 aliphatic heterocycles. The summed E-state index contributed by atoms with van der Waals surface area (Å²) >= 11 is 0. The van der Waals surface area contributed by atoms with Crippen molar-refractivity contribution in [3.63, 3.8) is 0 Å². The maximum absolute atomic E-state index is 11.4. The van der Waals surface area contributed by atoms with Crippen LogP contribution in [0.1, 0.15) is 0 Å². The third kappa shape index (κ3) is 2.31. The van der Waals surface area contributed by atoms with Gasteiger partial charge in [-0.1, -0.05) is 12.1 Å². The zero-order valence-electron chi connectivity index (χ0n) is 8.32. The zero-order valence-corrected chi connectivity index (χ0v) is 9.14. The van der Waals surface area contributed by atoms with Crippen LogP contribution in [-0.2, 0) is 19.1 Å². The van der Waals surface area contributed by atoms with E-state index in [9.17, 15) is 13.2 Å². The molecular formula is C9H8N2O4S. The van der Waals surface area contributed by atoms with E-state index in [1.54, 1.807) is 24.3 Å². The molecule has 0 saturated carbocycles. The Morgan fingerprint density at radius 3 is 2.50 bits per heavy atom. The lowest BCUT2D eigenvalue weighted by molar-refractivity contribution is -0.124. The summed E-state index contributed by atoms with van der Waals surface area (Å²) in [6.45, 7) is 0. The number of para-hydroxylation sites is 2. The van der Waals surface area contributed by atoms with Gasteiger partial charge in [0.1, 0.15) is 0 Å². The van der Waals surface area contributed by atoms with Crippen LogP contribution >= 0.6 is 0 Å². The minimum absolute atomic E-state index is 0.417. The fraction of sp³-hybridized carbons (Fsp3) is 0.222. The minimum Gasteiger partial charge on any atom is -0.267 e. The van der Waals surface area contributed by atoms with Gasteiger partial charge in [0.25, 0.3) is 16.0 Å². The van der Waals surface area contributed by atoms with Crippen LogP contribution in [0.15, 0.2) is 34.3 Å². The first-order valence-electron chi connectivity index (χ1n) is 4.39. The number of hydrogen-bond acceptors (Lipinski definition) is 5. The van der Waals surface area contributed by atoms with Gasteiger partial charge in [-0.2, -0.15) is 8.42 Å². The second kappa shape index (κ2) is 3.76. The van der Waals surface area contributed by atoms with Crippen molar-refractivity contribution in [2.45, 2.75) is 6.23 Å². The second-order valence-corrected chi connectivity index (χ2v) is 4.82. The number of benzene rings is 1. The largest absolute Gasteiger partial charge is 0.299 e. The van der Waals surface area contributed by atoms with Crippen LogP contribution in [0.3, 0.4) is 0 Å². The molecule has 0 N–H and O–H groups in total. The molecule has 1 aliphatic rings. The molecule has 0 aliphatic carbocycles. The highest BCUT2D eigenvalue weighted by molar-refractivity contribution is 7.86. The van der Waals surface area contributed by atoms with Crippen molar-refractivity contribution in [1.29, 1.82) is 0 Å². The topological polar surface area (TPSA) is 85.2 Å². The van der Waals surface area contributed by atoms with Crippen LogP contribution < -0.4 is 10.7 Å². The quantitative estimate of drug-likeness (QED) is 0.606. The average molecular weight is 240 g/mol. The van der Waals surface area contributed by atoms with Crippen molar-refractivity contribution in [1.82, 2.24) is 0 Å². The number of nitrogens with zero attached hydrogens (tertiary/aromatic N) is 2. The maximum Gasteiger partial charge on any atom is 0.299 e. The molecule has 84 valence electrons. The molecule has 0 saturated heterocycles. The third-order valence-electron chi connectivity index (χ3n) is 1.85. The Morgan fingerprint density at radius 2 is 1.88 bits per heavy atom.